The predicted octanol–water partition coefficient (Wildman–Crippen LogP) is 2.26. The van der Waals surface area contributed by atoms with Gasteiger partial charge in [0.25, 0.3) is 0 Å². The number of rotatable bonds is 7. The van der Waals surface area contributed by atoms with E-state index in [9.17, 15) is 4.79 Å². The van der Waals surface area contributed by atoms with Gasteiger partial charge in [0.05, 0.1) is 13.2 Å². The van der Waals surface area contributed by atoms with Gasteiger partial charge in [0.1, 0.15) is 5.75 Å². The summed E-state index contributed by atoms with van der Waals surface area (Å²) in [6.45, 7) is 6.68. The molecule has 2 unspecified atom stereocenters. The maximum absolute atomic E-state index is 11.8. The smallest absolute Gasteiger partial charge is 0.236 e. The first-order chi connectivity index (χ1) is 9.08. The van der Waals surface area contributed by atoms with Crippen molar-refractivity contribution in [1.82, 2.24) is 10.6 Å². The minimum Gasteiger partial charge on any atom is -0.497 e. The molecule has 1 amide bonds. The Morgan fingerprint density at radius 2 is 2.11 bits per heavy atom. The van der Waals surface area contributed by atoms with Crippen LogP contribution in [-0.2, 0) is 4.79 Å². The molecule has 0 aliphatic rings. The van der Waals surface area contributed by atoms with Crippen LogP contribution >= 0.6 is 0 Å². The van der Waals surface area contributed by atoms with Gasteiger partial charge in [-0.15, -0.1) is 0 Å². The van der Waals surface area contributed by atoms with E-state index in [2.05, 4.69) is 10.6 Å². The van der Waals surface area contributed by atoms with Crippen LogP contribution in [0.2, 0.25) is 0 Å². The lowest BCUT2D eigenvalue weighted by atomic mass is 10.1. The van der Waals surface area contributed by atoms with Gasteiger partial charge in [-0.2, -0.15) is 0 Å². The van der Waals surface area contributed by atoms with Crippen LogP contribution < -0.4 is 15.4 Å². The van der Waals surface area contributed by atoms with Gasteiger partial charge in [0.15, 0.2) is 0 Å². The van der Waals surface area contributed by atoms with Crippen molar-refractivity contribution in [3.63, 3.8) is 0 Å². The molecule has 0 fully saturated rings. The third-order valence-electron chi connectivity index (χ3n) is 3.04. The zero-order valence-corrected chi connectivity index (χ0v) is 12.2. The van der Waals surface area contributed by atoms with E-state index in [1.807, 2.05) is 45.0 Å². The molecule has 2 N–H and O–H groups in total. The van der Waals surface area contributed by atoms with Crippen molar-refractivity contribution in [2.75, 3.05) is 13.7 Å². The molecule has 0 aliphatic carbocycles. The Bertz CT molecular complexity index is 407. The molecule has 2 atom stereocenters. The number of methoxy groups -OCH3 is 1. The van der Waals surface area contributed by atoms with Crippen molar-refractivity contribution in [3.05, 3.63) is 29.8 Å². The molecule has 0 aliphatic heterocycles. The van der Waals surface area contributed by atoms with Crippen LogP contribution in [0.25, 0.3) is 0 Å². The average molecular weight is 264 g/mol. The molecule has 0 spiro atoms. The molecule has 0 heterocycles. The fourth-order valence-electron chi connectivity index (χ4n) is 1.86. The van der Waals surface area contributed by atoms with Crippen LogP contribution in [0.4, 0.5) is 0 Å². The highest BCUT2D eigenvalue weighted by atomic mass is 16.5. The van der Waals surface area contributed by atoms with Gasteiger partial charge < -0.3 is 10.1 Å². The topological polar surface area (TPSA) is 50.4 Å². The number of carbonyl (C=O) groups is 1. The van der Waals surface area contributed by atoms with E-state index in [-0.39, 0.29) is 18.0 Å². The third-order valence-corrected chi connectivity index (χ3v) is 3.04. The average Bonchev–Trinajstić information content (AvgIpc) is 2.44. The van der Waals surface area contributed by atoms with Crippen LogP contribution in [0.3, 0.4) is 0 Å². The molecule has 0 radical (unpaired) electrons. The Morgan fingerprint density at radius 3 is 2.74 bits per heavy atom. The molecule has 0 bridgehead atoms. The first-order valence-corrected chi connectivity index (χ1v) is 6.76. The van der Waals surface area contributed by atoms with Crippen LogP contribution in [0, 0.1) is 0 Å². The van der Waals surface area contributed by atoms with Crippen molar-refractivity contribution in [3.8, 4) is 5.75 Å². The van der Waals surface area contributed by atoms with E-state index in [0.717, 1.165) is 24.3 Å². The number of hydrogen-bond acceptors (Lipinski definition) is 3. The summed E-state index contributed by atoms with van der Waals surface area (Å²) in [6, 6.07) is 7.75. The first-order valence-electron chi connectivity index (χ1n) is 6.76. The van der Waals surface area contributed by atoms with Crippen LogP contribution in [0.5, 0.6) is 5.75 Å². The summed E-state index contributed by atoms with van der Waals surface area (Å²) in [5.41, 5.74) is 1.11. The van der Waals surface area contributed by atoms with E-state index in [1.165, 1.54) is 0 Å². The normalized spacial score (nSPS) is 13.7. The molecule has 1 aromatic carbocycles. The number of hydrogen-bond donors (Lipinski definition) is 2. The molecule has 0 saturated carbocycles. The van der Waals surface area contributed by atoms with Gasteiger partial charge in [-0.1, -0.05) is 19.1 Å². The molecule has 1 rings (SSSR count). The Hall–Kier alpha value is -1.55. The number of ether oxygens (including phenoxy) is 1. The van der Waals surface area contributed by atoms with Crippen molar-refractivity contribution < 1.29 is 9.53 Å². The second kappa shape index (κ2) is 7.79. The van der Waals surface area contributed by atoms with Crippen LogP contribution in [-0.4, -0.2) is 25.6 Å². The number of carbonyl (C=O) groups excluding carboxylic acids is 1. The van der Waals surface area contributed by atoms with Gasteiger partial charge >= 0.3 is 0 Å². The second-order valence-corrected chi connectivity index (χ2v) is 4.68. The zero-order valence-electron chi connectivity index (χ0n) is 12.2. The molecule has 0 aromatic heterocycles. The Morgan fingerprint density at radius 1 is 1.37 bits per heavy atom. The molecule has 106 valence electrons. The lowest BCUT2D eigenvalue weighted by Crippen LogP contribution is -2.43. The Labute approximate surface area is 115 Å². The largest absolute Gasteiger partial charge is 0.497 e. The Balaban J connectivity index is 2.57. The lowest BCUT2D eigenvalue weighted by Gasteiger charge is -2.20. The summed E-state index contributed by atoms with van der Waals surface area (Å²) >= 11 is 0. The lowest BCUT2D eigenvalue weighted by molar-refractivity contribution is -0.122. The summed E-state index contributed by atoms with van der Waals surface area (Å²) in [7, 11) is 1.65. The fourth-order valence-corrected chi connectivity index (χ4v) is 1.86. The summed E-state index contributed by atoms with van der Waals surface area (Å²) in [6.07, 6.45) is 0.948. The van der Waals surface area contributed by atoms with Gasteiger partial charge in [0, 0.05) is 12.6 Å². The molecule has 0 saturated heterocycles. The van der Waals surface area contributed by atoms with E-state index >= 15 is 0 Å². The van der Waals surface area contributed by atoms with E-state index in [1.54, 1.807) is 7.11 Å². The van der Waals surface area contributed by atoms with Gasteiger partial charge in [-0.3, -0.25) is 10.1 Å². The first kappa shape index (κ1) is 15.5. The maximum atomic E-state index is 11.8. The van der Waals surface area contributed by atoms with Crippen molar-refractivity contribution in [2.45, 2.75) is 39.3 Å². The number of amides is 1. The highest BCUT2D eigenvalue weighted by Crippen LogP contribution is 2.19. The minimum atomic E-state index is -0.215. The summed E-state index contributed by atoms with van der Waals surface area (Å²) in [5.74, 6) is 0.867. The van der Waals surface area contributed by atoms with Crippen molar-refractivity contribution in [1.29, 1.82) is 0 Å². The molecule has 1 aromatic rings. The molecular weight excluding hydrogens is 240 g/mol. The molecular formula is C15H24N2O2. The summed E-state index contributed by atoms with van der Waals surface area (Å²) in [5, 5.41) is 6.17. The summed E-state index contributed by atoms with van der Waals surface area (Å²) < 4.78 is 5.20. The molecule has 4 heteroatoms. The summed E-state index contributed by atoms with van der Waals surface area (Å²) in [4.78, 5) is 11.8. The quantitative estimate of drug-likeness (QED) is 0.794. The van der Waals surface area contributed by atoms with Crippen LogP contribution in [0.1, 0.15) is 38.8 Å². The zero-order chi connectivity index (χ0) is 14.3. The standard InChI is InChI=1S/C15H24N2O2/c1-5-9-16-15(18)12(3)17-11(2)13-7-6-8-14(10-13)19-4/h6-8,10-12,17H,5,9H2,1-4H3,(H,16,18). The van der Waals surface area contributed by atoms with Crippen molar-refractivity contribution >= 4 is 5.91 Å². The third kappa shape index (κ3) is 4.91. The minimum absolute atomic E-state index is 0.0385. The van der Waals surface area contributed by atoms with Crippen molar-refractivity contribution in [2.24, 2.45) is 0 Å². The van der Waals surface area contributed by atoms with Gasteiger partial charge in [-0.05, 0) is 38.0 Å². The highest BCUT2D eigenvalue weighted by Gasteiger charge is 2.15. The van der Waals surface area contributed by atoms with Gasteiger partial charge in [-0.25, -0.2) is 0 Å². The molecule has 19 heavy (non-hydrogen) atoms. The maximum Gasteiger partial charge on any atom is 0.236 e. The number of benzene rings is 1. The highest BCUT2D eigenvalue weighted by molar-refractivity contribution is 5.81. The molecule has 4 nitrogen and oxygen atoms in total. The van der Waals surface area contributed by atoms with E-state index in [0.29, 0.717) is 0 Å². The van der Waals surface area contributed by atoms with Crippen LogP contribution in [0.15, 0.2) is 24.3 Å². The predicted molar refractivity (Wildman–Crippen MR) is 77.3 cm³/mol. The SMILES string of the molecule is CCCNC(=O)C(C)NC(C)c1cccc(OC)c1. The van der Waals surface area contributed by atoms with E-state index in [4.69, 9.17) is 4.74 Å². The van der Waals surface area contributed by atoms with Gasteiger partial charge in [0.2, 0.25) is 5.91 Å². The van der Waals surface area contributed by atoms with E-state index < -0.39 is 0 Å². The Kier molecular flexibility index (Phi) is 6.36. The second-order valence-electron chi connectivity index (χ2n) is 4.68. The number of nitrogens with one attached hydrogen (secondary N) is 2. The monoisotopic (exact) mass is 264 g/mol. The fraction of sp³-hybridized carbons (Fsp3) is 0.533.